The summed E-state index contributed by atoms with van der Waals surface area (Å²) >= 11 is 6.46. The Morgan fingerprint density at radius 1 is 1.26 bits per heavy atom. The third kappa shape index (κ3) is 3.12. The molecule has 4 N–H and O–H groups in total. The molecule has 1 aliphatic rings. The molecule has 4 rings (SSSR count). The van der Waals surface area contributed by atoms with Gasteiger partial charge in [-0.15, -0.1) is 0 Å². The number of aromatic amines is 1. The van der Waals surface area contributed by atoms with Gasteiger partial charge in [0.05, 0.1) is 22.8 Å². The largest absolute Gasteiger partial charge is 0.478 e. The Balaban J connectivity index is 1.70. The number of hydrogen-bond donors (Lipinski definition) is 3. The summed E-state index contributed by atoms with van der Waals surface area (Å²) < 4.78 is 6.04. The van der Waals surface area contributed by atoms with Crippen LogP contribution in [0.3, 0.4) is 0 Å². The number of halogens is 1. The van der Waals surface area contributed by atoms with Gasteiger partial charge >= 0.3 is 5.97 Å². The molecule has 0 atom stereocenters. The molecular weight excluding hydrogens is 364 g/mol. The Bertz CT molecular complexity index is 991. The van der Waals surface area contributed by atoms with Crippen LogP contribution in [0.15, 0.2) is 42.6 Å². The SMILES string of the molecule is NCCOC1(c2ccc(-c3cc4c(C(=O)O)c[nH]c4cc3Cl)cc2)CCC1. The fraction of sp³-hybridized carbons (Fsp3) is 0.286. The van der Waals surface area contributed by atoms with E-state index in [1.165, 1.54) is 6.20 Å². The fourth-order valence-electron chi connectivity index (χ4n) is 3.76. The number of carbonyl (C=O) groups is 1. The first-order chi connectivity index (χ1) is 13.0. The van der Waals surface area contributed by atoms with Crippen LogP contribution in [0.25, 0.3) is 22.0 Å². The van der Waals surface area contributed by atoms with Gasteiger partial charge in [-0.1, -0.05) is 35.9 Å². The minimum absolute atomic E-state index is 0.219. The third-order valence-corrected chi connectivity index (χ3v) is 5.69. The van der Waals surface area contributed by atoms with E-state index in [9.17, 15) is 9.90 Å². The molecule has 1 fully saturated rings. The van der Waals surface area contributed by atoms with E-state index in [4.69, 9.17) is 22.1 Å². The minimum atomic E-state index is -0.964. The van der Waals surface area contributed by atoms with Gasteiger partial charge in [-0.3, -0.25) is 0 Å². The number of carboxylic acids is 1. The molecule has 140 valence electrons. The zero-order chi connectivity index (χ0) is 19.0. The molecule has 1 heterocycles. The average molecular weight is 385 g/mol. The summed E-state index contributed by atoms with van der Waals surface area (Å²) in [6, 6.07) is 11.8. The smallest absolute Gasteiger partial charge is 0.337 e. The van der Waals surface area contributed by atoms with Crippen LogP contribution in [-0.4, -0.2) is 29.2 Å². The highest BCUT2D eigenvalue weighted by molar-refractivity contribution is 6.34. The molecule has 0 unspecified atom stereocenters. The molecule has 27 heavy (non-hydrogen) atoms. The maximum Gasteiger partial charge on any atom is 0.337 e. The molecule has 1 aromatic heterocycles. The van der Waals surface area contributed by atoms with E-state index in [-0.39, 0.29) is 11.2 Å². The van der Waals surface area contributed by atoms with Crippen molar-refractivity contribution in [2.75, 3.05) is 13.2 Å². The van der Waals surface area contributed by atoms with Gasteiger partial charge in [0.1, 0.15) is 0 Å². The third-order valence-electron chi connectivity index (χ3n) is 5.38. The number of nitrogens with one attached hydrogen (secondary N) is 1. The molecular formula is C21H21ClN2O3. The molecule has 0 bridgehead atoms. The predicted molar refractivity (Wildman–Crippen MR) is 106 cm³/mol. The molecule has 5 nitrogen and oxygen atoms in total. The number of benzene rings is 2. The lowest BCUT2D eigenvalue weighted by Crippen LogP contribution is -2.38. The van der Waals surface area contributed by atoms with Crippen LogP contribution in [0.4, 0.5) is 0 Å². The van der Waals surface area contributed by atoms with Crippen molar-refractivity contribution in [2.45, 2.75) is 24.9 Å². The molecule has 1 saturated carbocycles. The van der Waals surface area contributed by atoms with Gasteiger partial charge < -0.3 is 20.6 Å². The summed E-state index contributed by atoms with van der Waals surface area (Å²) in [4.78, 5) is 14.4. The van der Waals surface area contributed by atoms with Crippen molar-refractivity contribution in [3.8, 4) is 11.1 Å². The molecule has 0 radical (unpaired) electrons. The normalized spacial score (nSPS) is 15.6. The Morgan fingerprint density at radius 2 is 2.00 bits per heavy atom. The second kappa shape index (κ2) is 7.00. The maximum atomic E-state index is 11.4. The maximum absolute atomic E-state index is 11.4. The lowest BCUT2D eigenvalue weighted by molar-refractivity contribution is -0.103. The predicted octanol–water partition coefficient (Wildman–Crippen LogP) is 4.54. The summed E-state index contributed by atoms with van der Waals surface area (Å²) in [6.45, 7) is 1.06. The lowest BCUT2D eigenvalue weighted by atomic mass is 9.74. The summed E-state index contributed by atoms with van der Waals surface area (Å²) in [5.41, 5.74) is 9.22. The van der Waals surface area contributed by atoms with Crippen LogP contribution in [-0.2, 0) is 10.3 Å². The number of hydrogen-bond acceptors (Lipinski definition) is 3. The van der Waals surface area contributed by atoms with Crippen LogP contribution >= 0.6 is 11.6 Å². The first-order valence-electron chi connectivity index (χ1n) is 9.03. The number of aromatic carboxylic acids is 1. The summed E-state index contributed by atoms with van der Waals surface area (Å²) in [5, 5.41) is 10.6. The standard InChI is InChI=1S/C21H21ClN2O3/c22-18-11-19-16(17(12-24-19)20(25)26)10-15(18)13-2-4-14(5-3-13)21(6-1-7-21)27-9-8-23/h2-5,10-12,24H,1,6-9,23H2,(H,25,26). The zero-order valence-electron chi connectivity index (χ0n) is 14.8. The van der Waals surface area contributed by atoms with Crippen LogP contribution in [0, 0.1) is 0 Å². The highest BCUT2D eigenvalue weighted by Gasteiger charge is 2.39. The Morgan fingerprint density at radius 3 is 2.59 bits per heavy atom. The van der Waals surface area contributed by atoms with Crippen LogP contribution in [0.5, 0.6) is 0 Å². The van der Waals surface area contributed by atoms with Gasteiger partial charge in [0, 0.05) is 29.2 Å². The van der Waals surface area contributed by atoms with Crippen LogP contribution in [0.1, 0.15) is 35.2 Å². The molecule has 0 amide bonds. The van der Waals surface area contributed by atoms with Crippen molar-refractivity contribution in [1.82, 2.24) is 4.98 Å². The molecule has 6 heteroatoms. The lowest BCUT2D eigenvalue weighted by Gasteiger charge is -2.42. The van der Waals surface area contributed by atoms with Crippen LogP contribution in [0.2, 0.25) is 5.02 Å². The Kier molecular flexibility index (Phi) is 4.68. The molecule has 0 saturated heterocycles. The monoisotopic (exact) mass is 384 g/mol. The van der Waals surface area contributed by atoms with E-state index in [1.54, 1.807) is 6.07 Å². The molecule has 1 aliphatic carbocycles. The quantitative estimate of drug-likeness (QED) is 0.582. The zero-order valence-corrected chi connectivity index (χ0v) is 15.6. The summed E-state index contributed by atoms with van der Waals surface area (Å²) in [5.74, 6) is -0.964. The molecule has 0 aliphatic heterocycles. The Hall–Kier alpha value is -2.34. The molecule has 0 spiro atoms. The van der Waals surface area contributed by atoms with Crippen molar-refractivity contribution in [3.05, 3.63) is 58.7 Å². The van der Waals surface area contributed by atoms with E-state index in [0.29, 0.717) is 29.1 Å². The van der Waals surface area contributed by atoms with Crippen molar-refractivity contribution in [3.63, 3.8) is 0 Å². The second-order valence-electron chi connectivity index (χ2n) is 6.95. The van der Waals surface area contributed by atoms with E-state index in [2.05, 4.69) is 17.1 Å². The van der Waals surface area contributed by atoms with Gasteiger partial charge in [-0.05, 0) is 42.5 Å². The number of rotatable bonds is 6. The summed E-state index contributed by atoms with van der Waals surface area (Å²) in [7, 11) is 0. The van der Waals surface area contributed by atoms with Crippen LogP contribution < -0.4 is 5.73 Å². The van der Waals surface area contributed by atoms with Gasteiger partial charge in [0.2, 0.25) is 0 Å². The number of ether oxygens (including phenoxy) is 1. The second-order valence-corrected chi connectivity index (χ2v) is 7.35. The number of carboxylic acid groups (broad SMARTS) is 1. The minimum Gasteiger partial charge on any atom is -0.478 e. The highest BCUT2D eigenvalue weighted by Crippen LogP contribution is 2.45. The van der Waals surface area contributed by atoms with Crippen molar-refractivity contribution >= 4 is 28.5 Å². The fourth-order valence-corrected chi connectivity index (χ4v) is 4.04. The average Bonchev–Trinajstić information content (AvgIpc) is 3.04. The van der Waals surface area contributed by atoms with Gasteiger partial charge in [0.25, 0.3) is 0 Å². The van der Waals surface area contributed by atoms with E-state index < -0.39 is 5.97 Å². The number of H-pyrrole nitrogens is 1. The van der Waals surface area contributed by atoms with Gasteiger partial charge in [-0.25, -0.2) is 4.79 Å². The van der Waals surface area contributed by atoms with E-state index >= 15 is 0 Å². The Labute approximate surface area is 162 Å². The number of fused-ring (bicyclic) bond motifs is 1. The number of aromatic nitrogens is 1. The first-order valence-corrected chi connectivity index (χ1v) is 9.41. The topological polar surface area (TPSA) is 88.3 Å². The molecule has 2 aromatic carbocycles. The number of nitrogens with two attached hydrogens (primary N) is 1. The van der Waals surface area contributed by atoms with Gasteiger partial charge in [-0.2, -0.15) is 0 Å². The first kappa shape index (κ1) is 18.0. The molecule has 3 aromatic rings. The van der Waals surface area contributed by atoms with Crippen molar-refractivity contribution in [1.29, 1.82) is 0 Å². The summed E-state index contributed by atoms with van der Waals surface area (Å²) in [6.07, 6.45) is 4.65. The van der Waals surface area contributed by atoms with E-state index in [0.717, 1.165) is 36.0 Å². The van der Waals surface area contributed by atoms with Crippen molar-refractivity contribution in [2.24, 2.45) is 5.73 Å². The highest BCUT2D eigenvalue weighted by atomic mass is 35.5. The van der Waals surface area contributed by atoms with E-state index in [1.807, 2.05) is 18.2 Å². The van der Waals surface area contributed by atoms with Crippen molar-refractivity contribution < 1.29 is 14.6 Å². The van der Waals surface area contributed by atoms with Gasteiger partial charge in [0.15, 0.2) is 0 Å².